The fraction of sp³-hybridized carbons (Fsp3) is 0.484. The highest BCUT2D eigenvalue weighted by atomic mass is 32.2. The molecule has 1 aromatic heterocycles. The van der Waals surface area contributed by atoms with Crippen LogP contribution in [0.2, 0.25) is 0 Å². The molecule has 1 heterocycles. The van der Waals surface area contributed by atoms with E-state index in [1.807, 2.05) is 12.1 Å². The van der Waals surface area contributed by atoms with E-state index in [0.29, 0.717) is 17.0 Å². The third-order valence-electron chi connectivity index (χ3n) is 6.90. The van der Waals surface area contributed by atoms with E-state index in [0.717, 1.165) is 23.8 Å². The maximum absolute atomic E-state index is 13.5. The molecular weight excluding hydrogens is 482 g/mol. The minimum Gasteiger partial charge on any atom is -0.497 e. The number of methoxy groups -OCH3 is 2. The summed E-state index contributed by atoms with van der Waals surface area (Å²) in [6, 6.07) is 12.0. The molecular formula is C31H43NO4S. The number of rotatable bonds is 17. The standard InChI is InChI=1S/C31H43NO4S/c1-4-5-6-7-8-9-10-11-12-13-14-15-16-17-26-25-32(31-23-20-28(36-3)24-30(26)31)37(33,34)29-21-18-27(35-2)19-22-29/h16-25H,4-15H2,1-3H3/b17-16-. The van der Waals surface area contributed by atoms with Crippen LogP contribution >= 0.6 is 0 Å². The van der Waals surface area contributed by atoms with E-state index in [1.165, 1.54) is 68.2 Å². The van der Waals surface area contributed by atoms with Crippen LogP contribution < -0.4 is 9.47 Å². The number of hydrogen-bond donors (Lipinski definition) is 0. The van der Waals surface area contributed by atoms with Gasteiger partial charge in [-0.25, -0.2) is 12.4 Å². The van der Waals surface area contributed by atoms with Crippen LogP contribution in [0.4, 0.5) is 0 Å². The van der Waals surface area contributed by atoms with Gasteiger partial charge < -0.3 is 9.47 Å². The Labute approximate surface area is 223 Å². The summed E-state index contributed by atoms with van der Waals surface area (Å²) in [4.78, 5) is 0.220. The first-order valence-corrected chi connectivity index (χ1v) is 15.2. The monoisotopic (exact) mass is 525 g/mol. The normalized spacial score (nSPS) is 12.0. The van der Waals surface area contributed by atoms with Crippen molar-refractivity contribution in [2.45, 2.75) is 88.9 Å². The quantitative estimate of drug-likeness (QED) is 0.166. The topological polar surface area (TPSA) is 57.5 Å². The Hall–Kier alpha value is -2.73. The molecule has 0 aliphatic carbocycles. The number of hydrogen-bond acceptors (Lipinski definition) is 4. The van der Waals surface area contributed by atoms with Gasteiger partial charge in [-0.1, -0.05) is 83.3 Å². The Morgan fingerprint density at radius 1 is 0.757 bits per heavy atom. The van der Waals surface area contributed by atoms with Crippen LogP contribution in [-0.4, -0.2) is 26.6 Å². The summed E-state index contributed by atoms with van der Waals surface area (Å²) in [6.45, 7) is 2.26. The highest BCUT2D eigenvalue weighted by Gasteiger charge is 2.21. The van der Waals surface area contributed by atoms with Gasteiger partial charge in [0.25, 0.3) is 10.0 Å². The van der Waals surface area contributed by atoms with Crippen LogP contribution in [0.1, 0.15) is 89.5 Å². The van der Waals surface area contributed by atoms with Gasteiger partial charge in [0.2, 0.25) is 0 Å². The minimum absolute atomic E-state index is 0.220. The second-order valence-electron chi connectivity index (χ2n) is 9.67. The zero-order valence-electron chi connectivity index (χ0n) is 22.7. The van der Waals surface area contributed by atoms with Gasteiger partial charge in [0.1, 0.15) is 11.5 Å². The molecule has 5 nitrogen and oxygen atoms in total. The molecule has 0 atom stereocenters. The fourth-order valence-electron chi connectivity index (χ4n) is 4.66. The molecule has 0 spiro atoms. The van der Waals surface area contributed by atoms with E-state index < -0.39 is 10.0 Å². The van der Waals surface area contributed by atoms with Crippen LogP contribution in [0, 0.1) is 0 Å². The minimum atomic E-state index is -3.76. The zero-order valence-corrected chi connectivity index (χ0v) is 23.6. The Bertz CT molecular complexity index is 1230. The smallest absolute Gasteiger partial charge is 0.268 e. The number of allylic oxidation sites excluding steroid dienone is 1. The van der Waals surface area contributed by atoms with E-state index >= 15 is 0 Å². The molecule has 3 rings (SSSR count). The molecule has 0 fully saturated rings. The van der Waals surface area contributed by atoms with Crippen molar-refractivity contribution in [1.29, 1.82) is 0 Å². The van der Waals surface area contributed by atoms with Crippen LogP contribution in [-0.2, 0) is 10.0 Å². The average Bonchev–Trinajstić information content (AvgIpc) is 3.29. The van der Waals surface area contributed by atoms with Crippen LogP contribution in [0.25, 0.3) is 17.0 Å². The molecule has 0 radical (unpaired) electrons. The van der Waals surface area contributed by atoms with Crippen LogP contribution in [0.15, 0.2) is 59.6 Å². The lowest BCUT2D eigenvalue weighted by Gasteiger charge is -2.08. The molecule has 6 heteroatoms. The molecule has 0 saturated carbocycles. The number of aromatic nitrogens is 1. The van der Waals surface area contributed by atoms with Crippen molar-refractivity contribution in [3.8, 4) is 11.5 Å². The predicted molar refractivity (Wildman–Crippen MR) is 154 cm³/mol. The number of unbranched alkanes of at least 4 members (excludes halogenated alkanes) is 11. The van der Waals surface area contributed by atoms with Gasteiger partial charge in [-0.15, -0.1) is 0 Å². The van der Waals surface area contributed by atoms with E-state index in [-0.39, 0.29) is 4.90 Å². The Kier molecular flexibility index (Phi) is 11.6. The SMILES string of the molecule is CCCCCCCCCCCCC/C=C\c1cn(S(=O)(=O)c2ccc(OC)cc2)c2ccc(OC)cc12. The van der Waals surface area contributed by atoms with Gasteiger partial charge in [-0.3, -0.25) is 0 Å². The van der Waals surface area contributed by atoms with E-state index in [9.17, 15) is 8.42 Å². The third kappa shape index (κ3) is 8.13. The number of nitrogens with zero attached hydrogens (tertiary/aromatic N) is 1. The lowest BCUT2D eigenvalue weighted by atomic mass is 10.0. The lowest BCUT2D eigenvalue weighted by Crippen LogP contribution is -2.11. The van der Waals surface area contributed by atoms with Crippen molar-refractivity contribution in [3.63, 3.8) is 0 Å². The summed E-state index contributed by atoms with van der Waals surface area (Å²) < 4.78 is 38.9. The number of ether oxygens (including phenoxy) is 2. The molecule has 0 N–H and O–H groups in total. The highest BCUT2D eigenvalue weighted by molar-refractivity contribution is 7.90. The Balaban J connectivity index is 1.60. The molecule has 202 valence electrons. The summed E-state index contributed by atoms with van der Waals surface area (Å²) in [5, 5.41) is 0.853. The number of fused-ring (bicyclic) bond motifs is 1. The van der Waals surface area contributed by atoms with Gasteiger partial charge in [0.15, 0.2) is 0 Å². The van der Waals surface area contributed by atoms with Crippen LogP contribution in [0.3, 0.4) is 0 Å². The van der Waals surface area contributed by atoms with Crippen molar-refractivity contribution in [2.24, 2.45) is 0 Å². The van der Waals surface area contributed by atoms with Crippen molar-refractivity contribution in [1.82, 2.24) is 3.97 Å². The Morgan fingerprint density at radius 2 is 1.32 bits per heavy atom. The molecule has 2 aromatic carbocycles. The van der Waals surface area contributed by atoms with Crippen molar-refractivity contribution < 1.29 is 17.9 Å². The predicted octanol–water partition coefficient (Wildman–Crippen LogP) is 8.61. The van der Waals surface area contributed by atoms with E-state index in [1.54, 1.807) is 56.8 Å². The van der Waals surface area contributed by atoms with Crippen molar-refractivity contribution in [3.05, 3.63) is 60.3 Å². The first kappa shape index (κ1) is 28.8. The molecule has 0 aliphatic heterocycles. The van der Waals surface area contributed by atoms with Gasteiger partial charge in [0, 0.05) is 17.1 Å². The summed E-state index contributed by atoms with van der Waals surface area (Å²) >= 11 is 0. The maximum atomic E-state index is 13.5. The molecule has 0 bridgehead atoms. The summed E-state index contributed by atoms with van der Waals surface area (Å²) in [5.41, 5.74) is 1.50. The molecule has 0 unspecified atom stereocenters. The summed E-state index contributed by atoms with van der Waals surface area (Å²) in [6.07, 6.45) is 21.5. The largest absolute Gasteiger partial charge is 0.497 e. The second-order valence-corrected chi connectivity index (χ2v) is 11.5. The first-order chi connectivity index (χ1) is 18.0. The van der Waals surface area contributed by atoms with Crippen molar-refractivity contribution in [2.75, 3.05) is 14.2 Å². The van der Waals surface area contributed by atoms with Crippen molar-refractivity contribution >= 4 is 27.0 Å². The number of benzene rings is 2. The first-order valence-electron chi connectivity index (χ1n) is 13.8. The van der Waals surface area contributed by atoms with E-state index in [4.69, 9.17) is 9.47 Å². The molecule has 37 heavy (non-hydrogen) atoms. The van der Waals surface area contributed by atoms with Gasteiger partial charge in [0.05, 0.1) is 24.6 Å². The zero-order chi connectivity index (χ0) is 26.5. The molecule has 3 aromatic rings. The Morgan fingerprint density at radius 3 is 1.92 bits per heavy atom. The van der Waals surface area contributed by atoms with Gasteiger partial charge in [-0.2, -0.15) is 0 Å². The highest BCUT2D eigenvalue weighted by Crippen LogP contribution is 2.30. The van der Waals surface area contributed by atoms with Gasteiger partial charge in [-0.05, 0) is 55.3 Å². The maximum Gasteiger partial charge on any atom is 0.268 e. The molecule has 0 amide bonds. The lowest BCUT2D eigenvalue weighted by molar-refractivity contribution is 0.414. The fourth-order valence-corrected chi connectivity index (χ4v) is 6.04. The average molecular weight is 526 g/mol. The molecule has 0 aliphatic rings. The van der Waals surface area contributed by atoms with Crippen LogP contribution in [0.5, 0.6) is 11.5 Å². The third-order valence-corrected chi connectivity index (χ3v) is 8.58. The summed E-state index contributed by atoms with van der Waals surface area (Å²) in [5.74, 6) is 1.32. The van der Waals surface area contributed by atoms with Gasteiger partial charge >= 0.3 is 0 Å². The summed E-state index contributed by atoms with van der Waals surface area (Å²) in [7, 11) is -0.580. The van der Waals surface area contributed by atoms with E-state index in [2.05, 4.69) is 13.0 Å². The second kappa shape index (κ2) is 14.9. The molecule has 0 saturated heterocycles.